The molecule has 0 amide bonds. The molecule has 0 radical (unpaired) electrons. The minimum Gasteiger partial charge on any atom is -0.379 e. The third-order valence-corrected chi connectivity index (χ3v) is 4.20. The highest BCUT2D eigenvalue weighted by Crippen LogP contribution is 2.34. The minimum absolute atomic E-state index is 0.419. The summed E-state index contributed by atoms with van der Waals surface area (Å²) in [6.07, 6.45) is -4.34. The predicted octanol–water partition coefficient (Wildman–Crippen LogP) is 4.84. The van der Waals surface area contributed by atoms with Gasteiger partial charge in [-0.3, -0.25) is 0 Å². The average Bonchev–Trinajstić information content (AvgIpc) is 2.72. The maximum atomic E-state index is 12.6. The fourth-order valence-electron chi connectivity index (χ4n) is 1.51. The molecule has 0 unspecified atom stereocenters. The average molecular weight is 351 g/mol. The lowest BCUT2D eigenvalue weighted by atomic mass is 10.2. The van der Waals surface area contributed by atoms with Crippen molar-refractivity contribution in [2.24, 2.45) is 0 Å². The molecule has 0 saturated carbocycles. The van der Waals surface area contributed by atoms with Crippen LogP contribution in [-0.4, -0.2) is 4.98 Å². The van der Waals surface area contributed by atoms with E-state index in [0.29, 0.717) is 16.7 Å². The maximum Gasteiger partial charge on any atom is 0.416 e. The molecule has 0 aliphatic rings. The van der Waals surface area contributed by atoms with Crippen LogP contribution in [0.2, 0.25) is 0 Å². The lowest BCUT2D eigenvalue weighted by molar-refractivity contribution is -0.137. The molecule has 1 aromatic carbocycles. The van der Waals surface area contributed by atoms with Crippen molar-refractivity contribution in [3.63, 3.8) is 0 Å². The van der Waals surface area contributed by atoms with Crippen LogP contribution in [0, 0.1) is 6.92 Å². The molecule has 2 rings (SSSR count). The summed E-state index contributed by atoms with van der Waals surface area (Å²) >= 11 is 4.71. The zero-order valence-electron chi connectivity index (χ0n) is 9.88. The van der Waals surface area contributed by atoms with Crippen molar-refractivity contribution in [3.05, 3.63) is 44.3 Å². The molecule has 7 heteroatoms. The quantitative estimate of drug-likeness (QED) is 0.856. The number of benzene rings is 1. The number of alkyl halides is 3. The summed E-state index contributed by atoms with van der Waals surface area (Å²) in [6, 6.07) is 3.54. The molecular weight excluding hydrogens is 341 g/mol. The van der Waals surface area contributed by atoms with Gasteiger partial charge in [-0.1, -0.05) is 0 Å². The lowest BCUT2D eigenvalue weighted by Gasteiger charge is -2.12. The van der Waals surface area contributed by atoms with Gasteiger partial charge in [0.15, 0.2) is 0 Å². The van der Waals surface area contributed by atoms with Crippen molar-refractivity contribution < 1.29 is 13.2 Å². The number of thiazole rings is 1. The van der Waals surface area contributed by atoms with E-state index in [0.717, 1.165) is 22.7 Å². The highest BCUT2D eigenvalue weighted by Gasteiger charge is 2.30. The van der Waals surface area contributed by atoms with Crippen molar-refractivity contribution in [1.82, 2.24) is 4.98 Å². The second-order valence-electron chi connectivity index (χ2n) is 3.91. The van der Waals surface area contributed by atoms with E-state index in [-0.39, 0.29) is 0 Å². The smallest absolute Gasteiger partial charge is 0.379 e. The topological polar surface area (TPSA) is 24.9 Å². The van der Waals surface area contributed by atoms with Gasteiger partial charge in [0.1, 0.15) is 0 Å². The van der Waals surface area contributed by atoms with E-state index < -0.39 is 11.7 Å². The van der Waals surface area contributed by atoms with E-state index in [9.17, 15) is 13.2 Å². The molecular formula is C12H10BrF3N2S. The summed E-state index contributed by atoms with van der Waals surface area (Å²) in [7, 11) is 0. The van der Waals surface area contributed by atoms with E-state index in [1.54, 1.807) is 5.51 Å². The number of aromatic nitrogens is 1. The van der Waals surface area contributed by atoms with Gasteiger partial charge in [-0.05, 0) is 41.1 Å². The Morgan fingerprint density at radius 2 is 2.11 bits per heavy atom. The van der Waals surface area contributed by atoms with Crippen LogP contribution in [0.15, 0.2) is 28.2 Å². The van der Waals surface area contributed by atoms with Gasteiger partial charge in [-0.15, -0.1) is 11.3 Å². The van der Waals surface area contributed by atoms with Gasteiger partial charge in [0.2, 0.25) is 0 Å². The SMILES string of the molecule is Cc1ncsc1CNc1cc(C(F)(F)F)ccc1Br. The lowest BCUT2D eigenvalue weighted by Crippen LogP contribution is -2.07. The van der Waals surface area contributed by atoms with E-state index in [4.69, 9.17) is 0 Å². The predicted molar refractivity (Wildman–Crippen MR) is 73.3 cm³/mol. The number of hydrogen-bond acceptors (Lipinski definition) is 3. The molecule has 1 aromatic heterocycles. The molecule has 0 aliphatic heterocycles. The highest BCUT2D eigenvalue weighted by molar-refractivity contribution is 9.10. The van der Waals surface area contributed by atoms with Crippen LogP contribution < -0.4 is 5.32 Å². The van der Waals surface area contributed by atoms with Gasteiger partial charge in [0.05, 0.1) is 23.3 Å². The Balaban J connectivity index is 2.18. The molecule has 1 N–H and O–H groups in total. The molecule has 0 saturated heterocycles. The first kappa shape index (κ1) is 14.3. The molecule has 19 heavy (non-hydrogen) atoms. The van der Waals surface area contributed by atoms with Gasteiger partial charge in [0.25, 0.3) is 0 Å². The summed E-state index contributed by atoms with van der Waals surface area (Å²) in [4.78, 5) is 5.10. The van der Waals surface area contributed by atoms with Gasteiger partial charge < -0.3 is 5.32 Å². The highest BCUT2D eigenvalue weighted by atomic mass is 79.9. The van der Waals surface area contributed by atoms with Crippen LogP contribution in [0.1, 0.15) is 16.1 Å². The molecule has 0 aliphatic carbocycles. The number of anilines is 1. The largest absolute Gasteiger partial charge is 0.416 e. The Hall–Kier alpha value is -1.08. The number of nitrogens with one attached hydrogen (secondary N) is 1. The molecule has 102 valence electrons. The Bertz CT molecular complexity index is 581. The summed E-state index contributed by atoms with van der Waals surface area (Å²) in [6.45, 7) is 2.32. The normalized spacial score (nSPS) is 11.6. The van der Waals surface area contributed by atoms with Crippen molar-refractivity contribution in [2.75, 3.05) is 5.32 Å². The van der Waals surface area contributed by atoms with E-state index in [2.05, 4.69) is 26.2 Å². The second kappa shape index (κ2) is 5.50. The molecule has 2 aromatic rings. The van der Waals surface area contributed by atoms with Crippen LogP contribution in [-0.2, 0) is 12.7 Å². The van der Waals surface area contributed by atoms with Crippen LogP contribution in [0.5, 0.6) is 0 Å². The first-order valence-electron chi connectivity index (χ1n) is 5.37. The number of hydrogen-bond donors (Lipinski definition) is 1. The van der Waals surface area contributed by atoms with Crippen LogP contribution in [0.3, 0.4) is 0 Å². The van der Waals surface area contributed by atoms with Crippen molar-refractivity contribution in [3.8, 4) is 0 Å². The Morgan fingerprint density at radius 1 is 1.37 bits per heavy atom. The first-order valence-corrected chi connectivity index (χ1v) is 7.05. The molecule has 1 heterocycles. The standard InChI is InChI=1S/C12H10BrF3N2S/c1-7-11(19-6-18-7)5-17-10-4-8(12(14,15)16)2-3-9(10)13/h2-4,6,17H,5H2,1H3. The van der Waals surface area contributed by atoms with Gasteiger partial charge in [-0.2, -0.15) is 13.2 Å². The first-order chi connectivity index (χ1) is 8.88. The van der Waals surface area contributed by atoms with Crippen molar-refractivity contribution in [2.45, 2.75) is 19.6 Å². The summed E-state index contributed by atoms with van der Waals surface area (Å²) in [5, 5.41) is 2.99. The second-order valence-corrected chi connectivity index (χ2v) is 5.70. The summed E-state index contributed by atoms with van der Waals surface area (Å²) < 4.78 is 38.5. The number of nitrogens with zero attached hydrogens (tertiary/aromatic N) is 1. The zero-order valence-corrected chi connectivity index (χ0v) is 12.3. The number of aryl methyl sites for hydroxylation is 1. The minimum atomic E-state index is -4.34. The van der Waals surface area contributed by atoms with Gasteiger partial charge in [-0.25, -0.2) is 4.98 Å². The maximum absolute atomic E-state index is 12.6. The molecule has 0 fully saturated rings. The van der Waals surface area contributed by atoms with Crippen molar-refractivity contribution in [1.29, 1.82) is 0 Å². The van der Waals surface area contributed by atoms with E-state index in [1.807, 2.05) is 6.92 Å². The van der Waals surface area contributed by atoms with Crippen molar-refractivity contribution >= 4 is 33.0 Å². The molecule has 0 atom stereocenters. The van der Waals surface area contributed by atoms with Gasteiger partial charge >= 0.3 is 6.18 Å². The zero-order chi connectivity index (χ0) is 14.0. The van der Waals surface area contributed by atoms with Crippen LogP contribution in [0.25, 0.3) is 0 Å². The van der Waals surface area contributed by atoms with E-state index >= 15 is 0 Å². The monoisotopic (exact) mass is 350 g/mol. The Labute approximate surface area is 120 Å². The van der Waals surface area contributed by atoms with E-state index in [1.165, 1.54) is 17.4 Å². The third-order valence-electron chi connectivity index (χ3n) is 2.58. The number of halogens is 4. The third kappa shape index (κ3) is 3.48. The molecule has 0 spiro atoms. The fraction of sp³-hybridized carbons (Fsp3) is 0.250. The van der Waals surface area contributed by atoms with Crippen LogP contribution >= 0.6 is 27.3 Å². The fourth-order valence-corrected chi connectivity index (χ4v) is 2.61. The van der Waals surface area contributed by atoms with Gasteiger partial charge in [0, 0.05) is 15.0 Å². The molecule has 2 nitrogen and oxygen atoms in total. The Morgan fingerprint density at radius 3 is 2.68 bits per heavy atom. The van der Waals surface area contributed by atoms with Crippen LogP contribution in [0.4, 0.5) is 18.9 Å². The summed E-state index contributed by atoms with van der Waals surface area (Å²) in [5.41, 5.74) is 2.36. The Kier molecular flexibility index (Phi) is 4.15. The number of rotatable bonds is 3. The summed E-state index contributed by atoms with van der Waals surface area (Å²) in [5.74, 6) is 0. The molecule has 0 bridgehead atoms.